The molecule has 1 aliphatic carbocycles. The molecule has 4 rings (SSSR count). The van der Waals surface area contributed by atoms with Gasteiger partial charge in [-0.3, -0.25) is 14.2 Å². The van der Waals surface area contributed by atoms with Crippen LogP contribution in [-0.4, -0.2) is 21.1 Å². The van der Waals surface area contributed by atoms with Crippen molar-refractivity contribution < 1.29 is 4.79 Å². The average Bonchev–Trinajstić information content (AvgIpc) is 3.33. The Morgan fingerprint density at radius 1 is 1.18 bits per heavy atom. The van der Waals surface area contributed by atoms with Crippen molar-refractivity contribution in [3.05, 3.63) is 61.6 Å². The van der Waals surface area contributed by atoms with Gasteiger partial charge in [-0.05, 0) is 55.3 Å². The molecule has 28 heavy (non-hydrogen) atoms. The Bertz CT molecular complexity index is 1170. The molecular weight excluding hydrogens is 374 g/mol. The predicted octanol–water partition coefficient (Wildman–Crippen LogP) is 2.89. The highest BCUT2D eigenvalue weighted by Gasteiger charge is 2.21. The Morgan fingerprint density at radius 2 is 1.93 bits per heavy atom. The molecule has 2 heterocycles. The molecule has 146 valence electrons. The van der Waals surface area contributed by atoms with Crippen molar-refractivity contribution in [2.75, 3.05) is 0 Å². The summed E-state index contributed by atoms with van der Waals surface area (Å²) in [5.74, 6) is -0.187. The van der Waals surface area contributed by atoms with Crippen LogP contribution in [0.1, 0.15) is 36.8 Å². The van der Waals surface area contributed by atoms with E-state index in [1.165, 1.54) is 20.5 Å². The van der Waals surface area contributed by atoms with E-state index in [0.29, 0.717) is 15.9 Å². The summed E-state index contributed by atoms with van der Waals surface area (Å²) >= 11 is 1.29. The third kappa shape index (κ3) is 3.30. The first kappa shape index (κ1) is 18.7. The van der Waals surface area contributed by atoms with E-state index in [4.69, 9.17) is 0 Å². The van der Waals surface area contributed by atoms with E-state index >= 15 is 0 Å². The van der Waals surface area contributed by atoms with Crippen molar-refractivity contribution in [3.8, 4) is 5.69 Å². The number of amides is 1. The maximum atomic E-state index is 13.3. The van der Waals surface area contributed by atoms with E-state index in [2.05, 4.69) is 5.32 Å². The van der Waals surface area contributed by atoms with E-state index in [1.54, 1.807) is 11.4 Å². The maximum Gasteiger partial charge on any atom is 0.336 e. The van der Waals surface area contributed by atoms with Crippen molar-refractivity contribution >= 4 is 27.5 Å². The van der Waals surface area contributed by atoms with Gasteiger partial charge in [-0.25, -0.2) is 9.36 Å². The molecule has 0 unspecified atom stereocenters. The number of benzene rings is 1. The summed E-state index contributed by atoms with van der Waals surface area (Å²) in [5, 5.41) is 4.81. The minimum Gasteiger partial charge on any atom is -0.352 e. The fourth-order valence-corrected chi connectivity index (χ4v) is 4.72. The SMILES string of the molecule is Cc1ccc(C)c(-n2c(=O)c3sccc3n(CC(=O)NC3CCCC3)c2=O)c1. The molecule has 1 saturated carbocycles. The number of nitrogens with zero attached hydrogens (tertiary/aromatic N) is 2. The molecule has 1 aromatic carbocycles. The molecule has 1 fully saturated rings. The zero-order chi connectivity index (χ0) is 19.8. The predicted molar refractivity (Wildman–Crippen MR) is 112 cm³/mol. The van der Waals surface area contributed by atoms with E-state index in [1.807, 2.05) is 32.0 Å². The summed E-state index contributed by atoms with van der Waals surface area (Å²) in [5.41, 5.74) is 2.06. The molecule has 0 saturated heterocycles. The summed E-state index contributed by atoms with van der Waals surface area (Å²) in [6.07, 6.45) is 4.21. The molecule has 1 aliphatic rings. The van der Waals surface area contributed by atoms with Gasteiger partial charge < -0.3 is 5.32 Å². The topological polar surface area (TPSA) is 73.1 Å². The molecule has 1 N–H and O–H groups in total. The van der Waals surface area contributed by atoms with Crippen LogP contribution in [0.3, 0.4) is 0 Å². The quantitative estimate of drug-likeness (QED) is 0.736. The molecule has 7 heteroatoms. The summed E-state index contributed by atoms with van der Waals surface area (Å²) in [6, 6.07) is 7.60. The molecule has 1 amide bonds. The van der Waals surface area contributed by atoms with E-state index in [9.17, 15) is 14.4 Å². The van der Waals surface area contributed by atoms with Crippen molar-refractivity contribution in [1.29, 1.82) is 0 Å². The van der Waals surface area contributed by atoms with Crippen LogP contribution in [0.15, 0.2) is 39.2 Å². The summed E-state index contributed by atoms with van der Waals surface area (Å²) in [6.45, 7) is 3.70. The van der Waals surface area contributed by atoms with E-state index < -0.39 is 5.69 Å². The van der Waals surface area contributed by atoms with Gasteiger partial charge in [0, 0.05) is 6.04 Å². The summed E-state index contributed by atoms with van der Waals surface area (Å²) < 4.78 is 3.10. The second-order valence-corrected chi connectivity index (χ2v) is 8.40. The van der Waals surface area contributed by atoms with Crippen molar-refractivity contribution in [2.24, 2.45) is 0 Å². The first-order chi connectivity index (χ1) is 13.5. The second-order valence-electron chi connectivity index (χ2n) is 7.48. The molecule has 0 aliphatic heterocycles. The van der Waals surface area contributed by atoms with Gasteiger partial charge in [0.15, 0.2) is 0 Å². The van der Waals surface area contributed by atoms with Gasteiger partial charge in [-0.2, -0.15) is 0 Å². The highest BCUT2D eigenvalue weighted by molar-refractivity contribution is 7.17. The lowest BCUT2D eigenvalue weighted by Gasteiger charge is -2.16. The standard InChI is InChI=1S/C21H23N3O3S/c1-13-7-8-14(2)17(11-13)24-20(26)19-16(9-10-28-19)23(21(24)27)12-18(25)22-15-5-3-4-6-15/h7-11,15H,3-6,12H2,1-2H3,(H,22,25). The van der Waals surface area contributed by atoms with Crippen LogP contribution in [-0.2, 0) is 11.3 Å². The summed E-state index contributed by atoms with van der Waals surface area (Å²) in [7, 11) is 0. The van der Waals surface area contributed by atoms with Crippen LogP contribution in [0.5, 0.6) is 0 Å². The van der Waals surface area contributed by atoms with E-state index in [0.717, 1.165) is 36.8 Å². The second kappa shape index (κ2) is 7.39. The molecule has 0 atom stereocenters. The van der Waals surface area contributed by atoms with Gasteiger partial charge in [0.1, 0.15) is 11.2 Å². The smallest absolute Gasteiger partial charge is 0.336 e. The Balaban J connectivity index is 1.84. The number of hydrogen-bond acceptors (Lipinski definition) is 4. The van der Waals surface area contributed by atoms with Gasteiger partial charge >= 0.3 is 5.69 Å². The van der Waals surface area contributed by atoms with Gasteiger partial charge in [0.25, 0.3) is 5.56 Å². The molecule has 6 nitrogen and oxygen atoms in total. The Labute approximate surface area is 166 Å². The van der Waals surface area contributed by atoms with Gasteiger partial charge in [-0.15, -0.1) is 11.3 Å². The number of thiophene rings is 1. The molecule has 0 bridgehead atoms. The molecule has 3 aromatic rings. The minimum atomic E-state index is -0.480. The van der Waals surface area contributed by atoms with Crippen LogP contribution < -0.4 is 16.6 Å². The third-order valence-corrected chi connectivity index (χ3v) is 6.27. The Kier molecular flexibility index (Phi) is 4.93. The Hall–Kier alpha value is -2.67. The van der Waals surface area contributed by atoms with Crippen LogP contribution >= 0.6 is 11.3 Å². The number of aromatic nitrogens is 2. The lowest BCUT2D eigenvalue weighted by atomic mass is 10.1. The number of hydrogen-bond donors (Lipinski definition) is 1. The van der Waals surface area contributed by atoms with E-state index in [-0.39, 0.29) is 24.1 Å². The first-order valence-electron chi connectivity index (χ1n) is 9.56. The lowest BCUT2D eigenvalue weighted by Crippen LogP contribution is -2.43. The highest BCUT2D eigenvalue weighted by atomic mass is 32.1. The van der Waals surface area contributed by atoms with Crippen molar-refractivity contribution in [3.63, 3.8) is 0 Å². The number of carbonyl (C=O) groups excluding carboxylic acids is 1. The molecule has 0 spiro atoms. The monoisotopic (exact) mass is 397 g/mol. The number of rotatable bonds is 4. The van der Waals surface area contributed by atoms with Crippen molar-refractivity contribution in [1.82, 2.24) is 14.5 Å². The minimum absolute atomic E-state index is 0.0896. The van der Waals surface area contributed by atoms with Crippen LogP contribution in [0, 0.1) is 13.8 Å². The number of nitrogens with one attached hydrogen (secondary N) is 1. The van der Waals surface area contributed by atoms with Crippen LogP contribution in [0.4, 0.5) is 0 Å². The highest BCUT2D eigenvalue weighted by Crippen LogP contribution is 2.19. The molecule has 0 radical (unpaired) electrons. The zero-order valence-electron chi connectivity index (χ0n) is 16.0. The fraction of sp³-hybridized carbons (Fsp3) is 0.381. The van der Waals surface area contributed by atoms with Crippen LogP contribution in [0.25, 0.3) is 15.9 Å². The largest absolute Gasteiger partial charge is 0.352 e. The normalized spacial score (nSPS) is 14.6. The third-order valence-electron chi connectivity index (χ3n) is 5.38. The van der Waals surface area contributed by atoms with Gasteiger partial charge in [0.2, 0.25) is 5.91 Å². The lowest BCUT2D eigenvalue weighted by molar-refractivity contribution is -0.122. The first-order valence-corrected chi connectivity index (χ1v) is 10.4. The zero-order valence-corrected chi connectivity index (χ0v) is 16.8. The fourth-order valence-electron chi connectivity index (χ4n) is 3.90. The molecular formula is C21H23N3O3S. The average molecular weight is 398 g/mol. The van der Waals surface area contributed by atoms with Gasteiger partial charge in [0.05, 0.1) is 11.2 Å². The van der Waals surface area contributed by atoms with Gasteiger partial charge in [-0.1, -0.05) is 25.0 Å². The van der Waals surface area contributed by atoms with Crippen LogP contribution in [0.2, 0.25) is 0 Å². The number of carbonyl (C=O) groups is 1. The Morgan fingerprint density at radius 3 is 2.68 bits per heavy atom. The maximum absolute atomic E-state index is 13.3. The summed E-state index contributed by atoms with van der Waals surface area (Å²) in [4.78, 5) is 38.9. The molecule has 2 aromatic heterocycles. The number of aryl methyl sites for hydroxylation is 2. The van der Waals surface area contributed by atoms with Crippen molar-refractivity contribution in [2.45, 2.75) is 52.1 Å². The number of fused-ring (bicyclic) bond motifs is 1.